The number of nitrogens with zero attached hydrogens (tertiary/aromatic N) is 4. The van der Waals surface area contributed by atoms with E-state index in [1.807, 2.05) is 0 Å². The fraction of sp³-hybridized carbons (Fsp3) is 0.111. The van der Waals surface area contributed by atoms with Gasteiger partial charge in [-0.2, -0.15) is 4.39 Å². The molecular formula is C18H12ClF3N4O2. The van der Waals surface area contributed by atoms with E-state index < -0.39 is 23.9 Å². The van der Waals surface area contributed by atoms with Gasteiger partial charge in [-0.1, -0.05) is 11.6 Å². The molecule has 0 atom stereocenters. The van der Waals surface area contributed by atoms with Gasteiger partial charge in [0.15, 0.2) is 17.9 Å². The minimum atomic E-state index is -1.74. The van der Waals surface area contributed by atoms with Crippen molar-refractivity contribution in [2.24, 2.45) is 7.05 Å². The largest absolute Gasteiger partial charge is 0.364 e. The van der Waals surface area contributed by atoms with E-state index >= 15 is 0 Å². The van der Waals surface area contributed by atoms with Crippen LogP contribution in [0.15, 0.2) is 36.8 Å². The monoisotopic (exact) mass is 408 g/mol. The Balaban J connectivity index is 2.03. The number of aliphatic hydroxyl groups excluding tert-OH is 1. The van der Waals surface area contributed by atoms with Gasteiger partial charge in [-0.05, 0) is 24.3 Å². The summed E-state index contributed by atoms with van der Waals surface area (Å²) in [5, 5.41) is 18.6. The first-order valence-corrected chi connectivity index (χ1v) is 8.36. The van der Waals surface area contributed by atoms with Gasteiger partial charge in [0.2, 0.25) is 5.95 Å². The lowest BCUT2D eigenvalue weighted by atomic mass is 10.0. The third-order valence-electron chi connectivity index (χ3n) is 4.34. The van der Waals surface area contributed by atoms with Crippen molar-refractivity contribution in [1.82, 2.24) is 18.9 Å². The molecule has 10 heteroatoms. The van der Waals surface area contributed by atoms with Crippen LogP contribution >= 0.6 is 11.6 Å². The molecule has 0 radical (unpaired) electrons. The second-order valence-corrected chi connectivity index (χ2v) is 6.45. The van der Waals surface area contributed by atoms with Crippen LogP contribution in [-0.2, 0) is 7.05 Å². The zero-order chi connectivity index (χ0) is 20.2. The molecule has 0 aliphatic carbocycles. The summed E-state index contributed by atoms with van der Waals surface area (Å²) in [4.78, 5) is 8.11. The van der Waals surface area contributed by atoms with E-state index in [-0.39, 0.29) is 38.9 Å². The summed E-state index contributed by atoms with van der Waals surface area (Å²) in [5.41, 5.74) is -0.389. The van der Waals surface area contributed by atoms with E-state index in [0.29, 0.717) is 0 Å². The van der Waals surface area contributed by atoms with Gasteiger partial charge in [0.25, 0.3) is 0 Å². The molecule has 28 heavy (non-hydrogen) atoms. The molecule has 0 fully saturated rings. The van der Waals surface area contributed by atoms with Crippen LogP contribution in [0.1, 0.15) is 11.9 Å². The summed E-state index contributed by atoms with van der Waals surface area (Å²) in [7, 11) is 1.42. The quantitative estimate of drug-likeness (QED) is 0.509. The van der Waals surface area contributed by atoms with E-state index in [0.717, 1.165) is 10.6 Å². The maximum Gasteiger partial charge on any atom is 0.221 e. The fourth-order valence-electron chi connectivity index (χ4n) is 2.93. The van der Waals surface area contributed by atoms with Crippen LogP contribution in [0, 0.1) is 17.6 Å². The molecule has 0 amide bonds. The third kappa shape index (κ3) is 2.75. The topological polar surface area (TPSA) is 75.6 Å². The Morgan fingerprint density at radius 2 is 1.86 bits per heavy atom. The van der Waals surface area contributed by atoms with Gasteiger partial charge in [-0.15, -0.1) is 0 Å². The van der Waals surface area contributed by atoms with Gasteiger partial charge in [-0.3, -0.25) is 4.40 Å². The number of halogens is 4. The highest BCUT2D eigenvalue weighted by Crippen LogP contribution is 2.39. The molecule has 2 N–H and O–H groups in total. The predicted molar refractivity (Wildman–Crippen MR) is 94.9 cm³/mol. The van der Waals surface area contributed by atoms with Crippen LogP contribution in [0.2, 0.25) is 5.15 Å². The summed E-state index contributed by atoms with van der Waals surface area (Å²) in [5.74, 6) is -3.15. The third-order valence-corrected chi connectivity index (χ3v) is 4.70. The number of pyridine rings is 1. The molecule has 0 bridgehead atoms. The average Bonchev–Trinajstić information content (AvgIpc) is 3.17. The van der Waals surface area contributed by atoms with Crippen LogP contribution in [0.25, 0.3) is 28.2 Å². The predicted octanol–water partition coefficient (Wildman–Crippen LogP) is 3.46. The van der Waals surface area contributed by atoms with E-state index in [2.05, 4.69) is 9.97 Å². The number of aliphatic hydroxyl groups is 2. The summed E-state index contributed by atoms with van der Waals surface area (Å²) >= 11 is 6.32. The van der Waals surface area contributed by atoms with Gasteiger partial charge >= 0.3 is 0 Å². The molecule has 0 aliphatic heterocycles. The molecule has 144 valence electrons. The van der Waals surface area contributed by atoms with Gasteiger partial charge in [-0.25, -0.2) is 18.7 Å². The maximum atomic E-state index is 14.8. The molecule has 4 aromatic rings. The van der Waals surface area contributed by atoms with E-state index in [1.54, 1.807) is 0 Å². The second-order valence-electron chi connectivity index (χ2n) is 6.09. The van der Waals surface area contributed by atoms with Crippen molar-refractivity contribution in [2.45, 2.75) is 6.29 Å². The SMILES string of the molecule is Cn1cnc(-c2ccc(F)c(F)c2-c2nc3cc(C(O)O)ccn3c2Cl)c1F. The first-order valence-electron chi connectivity index (χ1n) is 7.98. The molecule has 3 heterocycles. The van der Waals surface area contributed by atoms with Crippen LogP contribution in [0.5, 0.6) is 0 Å². The Morgan fingerprint density at radius 3 is 2.50 bits per heavy atom. The van der Waals surface area contributed by atoms with E-state index in [1.165, 1.54) is 42.2 Å². The first-order chi connectivity index (χ1) is 13.3. The lowest BCUT2D eigenvalue weighted by Crippen LogP contribution is -1.97. The zero-order valence-electron chi connectivity index (χ0n) is 14.2. The number of imidazole rings is 2. The van der Waals surface area contributed by atoms with Crippen molar-refractivity contribution in [3.8, 4) is 22.5 Å². The van der Waals surface area contributed by atoms with Gasteiger partial charge in [0.05, 0.1) is 11.9 Å². The molecule has 0 spiro atoms. The molecule has 6 nitrogen and oxygen atoms in total. The highest BCUT2D eigenvalue weighted by molar-refractivity contribution is 6.32. The normalized spacial score (nSPS) is 11.7. The van der Waals surface area contributed by atoms with Gasteiger partial charge in [0.1, 0.15) is 22.2 Å². The minimum Gasteiger partial charge on any atom is -0.364 e. The number of aromatic nitrogens is 4. The second kappa shape index (κ2) is 6.62. The van der Waals surface area contributed by atoms with Crippen molar-refractivity contribution in [3.05, 3.63) is 65.1 Å². The van der Waals surface area contributed by atoms with Gasteiger partial charge in [0, 0.05) is 24.4 Å². The summed E-state index contributed by atoms with van der Waals surface area (Å²) in [6, 6.07) is 4.78. The van der Waals surface area contributed by atoms with E-state index in [9.17, 15) is 23.4 Å². The van der Waals surface area contributed by atoms with E-state index in [4.69, 9.17) is 11.6 Å². The Bertz CT molecular complexity index is 1220. The van der Waals surface area contributed by atoms with Crippen LogP contribution < -0.4 is 0 Å². The summed E-state index contributed by atoms with van der Waals surface area (Å²) in [6.45, 7) is 0. The fourth-order valence-corrected chi connectivity index (χ4v) is 3.21. The molecule has 3 aromatic heterocycles. The summed E-state index contributed by atoms with van der Waals surface area (Å²) < 4.78 is 45.6. The van der Waals surface area contributed by atoms with Crippen molar-refractivity contribution in [3.63, 3.8) is 0 Å². The molecule has 0 aliphatic rings. The smallest absolute Gasteiger partial charge is 0.221 e. The minimum absolute atomic E-state index is 0.0234. The van der Waals surface area contributed by atoms with Crippen LogP contribution in [0.4, 0.5) is 13.2 Å². The molecule has 0 unspecified atom stereocenters. The maximum absolute atomic E-state index is 14.8. The molecule has 0 saturated carbocycles. The van der Waals surface area contributed by atoms with Crippen molar-refractivity contribution in [1.29, 1.82) is 0 Å². The first kappa shape index (κ1) is 18.5. The zero-order valence-corrected chi connectivity index (χ0v) is 15.0. The number of hydrogen-bond donors (Lipinski definition) is 2. The van der Waals surface area contributed by atoms with Crippen molar-refractivity contribution in [2.75, 3.05) is 0 Å². The standard InChI is InChI=1S/C18H12ClF3N4O2/c1-25-7-23-14(17(25)22)9-2-3-10(20)13(21)12(9)15-16(19)26-5-4-8(18(27)28)6-11(26)24-15/h2-7,18,27-28H,1H3. The number of fused-ring (bicyclic) bond motifs is 1. The molecule has 4 rings (SSSR count). The Kier molecular flexibility index (Phi) is 4.37. The highest BCUT2D eigenvalue weighted by atomic mass is 35.5. The lowest BCUT2D eigenvalue weighted by Gasteiger charge is -2.08. The number of aryl methyl sites for hydroxylation is 1. The Hall–Kier alpha value is -2.88. The molecule has 1 aromatic carbocycles. The van der Waals surface area contributed by atoms with Crippen molar-refractivity contribution < 1.29 is 23.4 Å². The Labute approximate surface area is 161 Å². The van der Waals surface area contributed by atoms with Gasteiger partial charge < -0.3 is 14.8 Å². The molecular weight excluding hydrogens is 397 g/mol. The molecule has 0 saturated heterocycles. The highest BCUT2D eigenvalue weighted by Gasteiger charge is 2.26. The lowest BCUT2D eigenvalue weighted by molar-refractivity contribution is -0.0424. The van der Waals surface area contributed by atoms with Crippen LogP contribution in [0.3, 0.4) is 0 Å². The number of hydrogen-bond acceptors (Lipinski definition) is 4. The van der Waals surface area contributed by atoms with Crippen molar-refractivity contribution >= 4 is 17.2 Å². The van der Waals surface area contributed by atoms with Crippen LogP contribution in [-0.4, -0.2) is 29.1 Å². The number of rotatable bonds is 3. The average molecular weight is 409 g/mol. The summed E-state index contributed by atoms with van der Waals surface area (Å²) in [6.07, 6.45) is 0.866. The number of benzene rings is 1. The Morgan fingerprint density at radius 1 is 1.11 bits per heavy atom.